The van der Waals surface area contributed by atoms with E-state index in [4.69, 9.17) is 0 Å². The Morgan fingerprint density at radius 2 is 2.14 bits per heavy atom. The summed E-state index contributed by atoms with van der Waals surface area (Å²) in [6.07, 6.45) is 2.90. The maximum absolute atomic E-state index is 12.7. The van der Waals surface area contributed by atoms with Gasteiger partial charge in [0.05, 0.1) is 16.3 Å². The van der Waals surface area contributed by atoms with Crippen LogP contribution in [0.4, 0.5) is 5.69 Å². The van der Waals surface area contributed by atoms with Gasteiger partial charge in [-0.05, 0) is 37.8 Å². The third-order valence-electron chi connectivity index (χ3n) is 4.89. The Hall–Kier alpha value is -2.57. The van der Waals surface area contributed by atoms with E-state index in [-0.39, 0.29) is 29.2 Å². The molecule has 1 aliphatic heterocycles. The summed E-state index contributed by atoms with van der Waals surface area (Å²) < 4.78 is 2.98. The van der Waals surface area contributed by atoms with Crippen LogP contribution in [0.25, 0.3) is 5.69 Å². The highest BCUT2D eigenvalue weighted by Gasteiger charge is 2.42. The lowest BCUT2D eigenvalue weighted by Crippen LogP contribution is -2.25. The molecule has 0 unspecified atom stereocenters. The van der Waals surface area contributed by atoms with Crippen LogP contribution in [0.5, 0.6) is 5.88 Å². The molecule has 0 saturated heterocycles. The standard InChI is InChI=1S/C15H15N3O4/c1-8-6-11(18(21)22)4-5-12(8)17-14(19)13-9-2-3-10(7-9)16(13)15(17)20/h4-6,9-10,19H,2-3,7H2,1H3/t9-,10+/m1/s1. The van der Waals surface area contributed by atoms with Gasteiger partial charge in [0, 0.05) is 24.1 Å². The van der Waals surface area contributed by atoms with E-state index in [1.807, 2.05) is 0 Å². The first-order chi connectivity index (χ1) is 10.5. The lowest BCUT2D eigenvalue weighted by molar-refractivity contribution is -0.384. The molecule has 0 spiro atoms. The minimum absolute atomic E-state index is 0.0193. The van der Waals surface area contributed by atoms with Crippen molar-refractivity contribution in [2.24, 2.45) is 0 Å². The van der Waals surface area contributed by atoms with Gasteiger partial charge in [-0.1, -0.05) is 0 Å². The van der Waals surface area contributed by atoms with Crippen molar-refractivity contribution >= 4 is 5.69 Å². The first kappa shape index (κ1) is 13.1. The van der Waals surface area contributed by atoms with Crippen molar-refractivity contribution in [2.45, 2.75) is 38.1 Å². The Bertz CT molecular complexity index is 864. The SMILES string of the molecule is Cc1cc([N+](=O)[O-])ccc1-n1c(O)c2n(c1=O)[C@H]1CC[C@@H]2C1. The number of imidazole rings is 1. The number of hydrogen-bond donors (Lipinski definition) is 1. The number of aromatic hydroxyl groups is 1. The zero-order valence-corrected chi connectivity index (χ0v) is 12.0. The fourth-order valence-electron chi connectivity index (χ4n) is 3.92. The average molecular weight is 301 g/mol. The van der Waals surface area contributed by atoms with Gasteiger partial charge in [-0.15, -0.1) is 0 Å². The number of aromatic nitrogens is 2. The first-order valence-corrected chi connectivity index (χ1v) is 7.30. The molecule has 2 heterocycles. The molecule has 2 bridgehead atoms. The van der Waals surface area contributed by atoms with Crippen LogP contribution in [0.3, 0.4) is 0 Å². The lowest BCUT2D eigenvalue weighted by Gasteiger charge is -2.11. The fourth-order valence-corrected chi connectivity index (χ4v) is 3.92. The lowest BCUT2D eigenvalue weighted by atomic mass is 10.1. The second-order valence-electron chi connectivity index (χ2n) is 6.09. The van der Waals surface area contributed by atoms with Crippen molar-refractivity contribution in [2.75, 3.05) is 0 Å². The van der Waals surface area contributed by atoms with E-state index in [0.29, 0.717) is 11.3 Å². The van der Waals surface area contributed by atoms with Crippen LogP contribution in [-0.2, 0) is 0 Å². The zero-order valence-electron chi connectivity index (χ0n) is 12.0. The Kier molecular flexibility index (Phi) is 2.52. The summed E-state index contributed by atoms with van der Waals surface area (Å²) in [7, 11) is 0. The molecule has 1 N–H and O–H groups in total. The number of nitro groups is 1. The first-order valence-electron chi connectivity index (χ1n) is 7.30. The summed E-state index contributed by atoms with van der Waals surface area (Å²) in [5.74, 6) is 0.228. The summed E-state index contributed by atoms with van der Waals surface area (Å²) in [5, 5.41) is 21.3. The molecule has 1 aliphatic carbocycles. The summed E-state index contributed by atoms with van der Waals surface area (Å²) in [4.78, 5) is 23.0. The van der Waals surface area contributed by atoms with E-state index in [1.165, 1.54) is 22.8 Å². The number of fused-ring (bicyclic) bond motifs is 5. The monoisotopic (exact) mass is 301 g/mol. The molecule has 1 saturated carbocycles. The molecule has 22 heavy (non-hydrogen) atoms. The molecule has 7 heteroatoms. The van der Waals surface area contributed by atoms with Gasteiger partial charge in [0.1, 0.15) is 0 Å². The molecule has 4 rings (SSSR count). The number of benzene rings is 1. The van der Waals surface area contributed by atoms with Crippen LogP contribution in [-0.4, -0.2) is 19.2 Å². The minimum Gasteiger partial charge on any atom is -0.493 e. The van der Waals surface area contributed by atoms with E-state index in [0.717, 1.165) is 25.0 Å². The number of nitro benzene ring substituents is 1. The second-order valence-corrected chi connectivity index (χ2v) is 6.09. The highest BCUT2D eigenvalue weighted by atomic mass is 16.6. The molecule has 114 valence electrons. The maximum atomic E-state index is 12.7. The topological polar surface area (TPSA) is 90.3 Å². The third-order valence-corrected chi connectivity index (χ3v) is 4.89. The number of aryl methyl sites for hydroxylation is 1. The van der Waals surface area contributed by atoms with Gasteiger partial charge in [-0.3, -0.25) is 14.7 Å². The molecule has 0 amide bonds. The van der Waals surface area contributed by atoms with Crippen molar-refractivity contribution in [3.05, 3.63) is 50.1 Å². The van der Waals surface area contributed by atoms with Gasteiger partial charge < -0.3 is 5.11 Å². The Labute approximate surface area is 125 Å². The number of hydrogen-bond acceptors (Lipinski definition) is 4. The molecule has 7 nitrogen and oxygen atoms in total. The maximum Gasteiger partial charge on any atom is 0.336 e. The molecule has 2 atom stereocenters. The van der Waals surface area contributed by atoms with Crippen LogP contribution in [0.2, 0.25) is 0 Å². The molecule has 1 aromatic heterocycles. The van der Waals surface area contributed by atoms with Crippen LogP contribution in [0.15, 0.2) is 23.0 Å². The minimum atomic E-state index is -0.473. The largest absolute Gasteiger partial charge is 0.493 e. The molecule has 0 radical (unpaired) electrons. The van der Waals surface area contributed by atoms with E-state index < -0.39 is 4.92 Å². The number of nitrogens with zero attached hydrogens (tertiary/aromatic N) is 3. The average Bonchev–Trinajstić information content (AvgIpc) is 3.14. The van der Waals surface area contributed by atoms with Gasteiger partial charge in [-0.2, -0.15) is 0 Å². The summed E-state index contributed by atoms with van der Waals surface area (Å²) in [6.45, 7) is 1.70. The Morgan fingerprint density at radius 1 is 1.36 bits per heavy atom. The van der Waals surface area contributed by atoms with Crippen LogP contribution >= 0.6 is 0 Å². The molecule has 1 fully saturated rings. The van der Waals surface area contributed by atoms with E-state index in [9.17, 15) is 20.0 Å². The second kappa shape index (κ2) is 4.22. The van der Waals surface area contributed by atoms with E-state index in [2.05, 4.69) is 0 Å². The summed E-state index contributed by atoms with van der Waals surface area (Å²) in [6, 6.07) is 4.47. The highest BCUT2D eigenvalue weighted by Crippen LogP contribution is 2.51. The molecule has 2 aliphatic rings. The molecule has 2 aromatic rings. The molecular formula is C15H15N3O4. The Morgan fingerprint density at radius 3 is 2.77 bits per heavy atom. The van der Waals surface area contributed by atoms with E-state index >= 15 is 0 Å². The van der Waals surface area contributed by atoms with Crippen molar-refractivity contribution in [3.8, 4) is 11.6 Å². The van der Waals surface area contributed by atoms with Crippen LogP contribution in [0, 0.1) is 17.0 Å². The van der Waals surface area contributed by atoms with Crippen LogP contribution < -0.4 is 5.69 Å². The van der Waals surface area contributed by atoms with Crippen molar-refractivity contribution in [3.63, 3.8) is 0 Å². The van der Waals surface area contributed by atoms with Crippen molar-refractivity contribution < 1.29 is 10.0 Å². The van der Waals surface area contributed by atoms with Gasteiger partial charge in [0.15, 0.2) is 0 Å². The van der Waals surface area contributed by atoms with Gasteiger partial charge in [0.25, 0.3) is 5.69 Å². The van der Waals surface area contributed by atoms with Crippen molar-refractivity contribution in [1.82, 2.24) is 9.13 Å². The smallest absolute Gasteiger partial charge is 0.336 e. The van der Waals surface area contributed by atoms with Crippen LogP contribution in [0.1, 0.15) is 42.5 Å². The Balaban J connectivity index is 1.92. The summed E-state index contributed by atoms with van der Waals surface area (Å²) >= 11 is 0. The summed E-state index contributed by atoms with van der Waals surface area (Å²) in [5.41, 5.74) is 1.52. The van der Waals surface area contributed by atoms with Gasteiger partial charge in [0.2, 0.25) is 5.88 Å². The van der Waals surface area contributed by atoms with E-state index in [1.54, 1.807) is 11.5 Å². The quantitative estimate of drug-likeness (QED) is 0.681. The predicted octanol–water partition coefficient (Wildman–Crippen LogP) is 2.38. The third kappa shape index (κ3) is 1.53. The molecular weight excluding hydrogens is 286 g/mol. The fraction of sp³-hybridized carbons (Fsp3) is 0.400. The normalized spacial score (nSPS) is 22.0. The van der Waals surface area contributed by atoms with Gasteiger partial charge >= 0.3 is 5.69 Å². The molecule has 1 aromatic carbocycles. The number of non-ortho nitro benzene ring substituents is 1. The zero-order chi connectivity index (χ0) is 15.6. The highest BCUT2D eigenvalue weighted by molar-refractivity contribution is 5.51. The number of rotatable bonds is 2. The van der Waals surface area contributed by atoms with Crippen molar-refractivity contribution in [1.29, 1.82) is 0 Å². The predicted molar refractivity (Wildman–Crippen MR) is 78.7 cm³/mol. The van der Waals surface area contributed by atoms with Gasteiger partial charge in [-0.25, -0.2) is 9.36 Å².